The van der Waals surface area contributed by atoms with Gasteiger partial charge in [-0.05, 0) is 12.8 Å². The van der Waals surface area contributed by atoms with Gasteiger partial charge in [0, 0.05) is 6.61 Å². The Morgan fingerprint density at radius 3 is 2.64 bits per heavy atom. The summed E-state index contributed by atoms with van der Waals surface area (Å²) < 4.78 is 0. The lowest BCUT2D eigenvalue weighted by Crippen LogP contribution is -1.97. The molecule has 0 spiro atoms. The SMILES string of the molecule is N#CC(=CCCCO)C(=O)O. The second-order valence-electron chi connectivity index (χ2n) is 1.90. The maximum atomic E-state index is 10.2. The summed E-state index contributed by atoms with van der Waals surface area (Å²) in [4.78, 5) is 10.2. The smallest absolute Gasteiger partial charge is 0.346 e. The first-order valence-corrected chi connectivity index (χ1v) is 3.16. The molecular weight excluding hydrogens is 146 g/mol. The molecule has 0 aliphatic heterocycles. The molecule has 0 rings (SSSR count). The summed E-state index contributed by atoms with van der Waals surface area (Å²) in [6.45, 7) is 0.00876. The molecule has 0 aromatic heterocycles. The average molecular weight is 155 g/mol. The van der Waals surface area contributed by atoms with E-state index in [0.29, 0.717) is 12.8 Å². The number of allylic oxidation sites excluding steroid dienone is 1. The Morgan fingerprint density at radius 1 is 1.64 bits per heavy atom. The minimum absolute atomic E-state index is 0.00876. The fourth-order valence-corrected chi connectivity index (χ4v) is 0.518. The standard InChI is InChI=1S/C7H9NO3/c8-5-6(7(10)11)3-1-2-4-9/h3,9H,1-2,4H2,(H,10,11). The zero-order valence-corrected chi connectivity index (χ0v) is 5.95. The van der Waals surface area contributed by atoms with Crippen molar-refractivity contribution in [2.75, 3.05) is 6.61 Å². The van der Waals surface area contributed by atoms with Crippen LogP contribution >= 0.6 is 0 Å². The second kappa shape index (κ2) is 5.45. The lowest BCUT2D eigenvalue weighted by atomic mass is 10.2. The Hall–Kier alpha value is -1.34. The molecule has 0 radical (unpaired) electrons. The van der Waals surface area contributed by atoms with Crippen molar-refractivity contribution in [1.82, 2.24) is 0 Å². The van der Waals surface area contributed by atoms with E-state index in [1.165, 1.54) is 6.08 Å². The van der Waals surface area contributed by atoms with Crippen molar-refractivity contribution in [2.24, 2.45) is 0 Å². The first-order valence-electron chi connectivity index (χ1n) is 3.16. The molecule has 0 aromatic rings. The van der Waals surface area contributed by atoms with Gasteiger partial charge in [0.1, 0.15) is 11.6 Å². The maximum absolute atomic E-state index is 10.2. The van der Waals surface area contributed by atoms with Gasteiger partial charge in [-0.3, -0.25) is 0 Å². The van der Waals surface area contributed by atoms with Crippen LogP contribution in [0, 0.1) is 11.3 Å². The van der Waals surface area contributed by atoms with Gasteiger partial charge >= 0.3 is 5.97 Å². The van der Waals surface area contributed by atoms with Crippen molar-refractivity contribution in [3.05, 3.63) is 11.6 Å². The Labute approximate surface area is 64.4 Å². The van der Waals surface area contributed by atoms with Gasteiger partial charge in [-0.15, -0.1) is 0 Å². The van der Waals surface area contributed by atoms with Crippen molar-refractivity contribution in [1.29, 1.82) is 5.26 Å². The van der Waals surface area contributed by atoms with Crippen LogP contribution in [0.4, 0.5) is 0 Å². The largest absolute Gasteiger partial charge is 0.477 e. The Bertz CT molecular complexity index is 202. The van der Waals surface area contributed by atoms with Gasteiger partial charge in [0.15, 0.2) is 0 Å². The van der Waals surface area contributed by atoms with Crippen LogP contribution < -0.4 is 0 Å². The van der Waals surface area contributed by atoms with Crippen LogP contribution in [0.25, 0.3) is 0 Å². The number of rotatable bonds is 4. The minimum Gasteiger partial charge on any atom is -0.477 e. The molecule has 2 N–H and O–H groups in total. The molecular formula is C7H9NO3. The summed E-state index contributed by atoms with van der Waals surface area (Å²) in [5.41, 5.74) is -0.265. The Balaban J connectivity index is 3.95. The van der Waals surface area contributed by atoms with Crippen LogP contribution in [0.2, 0.25) is 0 Å². The van der Waals surface area contributed by atoms with E-state index in [9.17, 15) is 4.79 Å². The number of aliphatic carboxylic acids is 1. The Morgan fingerprint density at radius 2 is 2.27 bits per heavy atom. The Kier molecular flexibility index (Phi) is 4.78. The van der Waals surface area contributed by atoms with E-state index in [1.807, 2.05) is 0 Å². The number of carboxylic acid groups (broad SMARTS) is 1. The molecule has 11 heavy (non-hydrogen) atoms. The van der Waals surface area contributed by atoms with Crippen molar-refractivity contribution in [3.8, 4) is 6.07 Å². The van der Waals surface area contributed by atoms with Crippen molar-refractivity contribution in [2.45, 2.75) is 12.8 Å². The van der Waals surface area contributed by atoms with Crippen LogP contribution in [0.1, 0.15) is 12.8 Å². The molecule has 0 heterocycles. The number of nitrogens with zero attached hydrogens (tertiary/aromatic N) is 1. The number of carboxylic acids is 1. The maximum Gasteiger partial charge on any atom is 0.346 e. The summed E-state index contributed by atoms with van der Waals surface area (Å²) in [7, 11) is 0. The highest BCUT2D eigenvalue weighted by Crippen LogP contribution is 1.97. The molecule has 0 bridgehead atoms. The van der Waals surface area contributed by atoms with Gasteiger partial charge in [0.05, 0.1) is 0 Å². The monoisotopic (exact) mass is 155 g/mol. The molecule has 4 heteroatoms. The number of carbonyl (C=O) groups is 1. The predicted molar refractivity (Wildman–Crippen MR) is 37.7 cm³/mol. The summed E-state index contributed by atoms with van der Waals surface area (Å²) >= 11 is 0. The van der Waals surface area contributed by atoms with Gasteiger partial charge in [0.25, 0.3) is 0 Å². The molecule has 60 valence electrons. The molecule has 0 saturated heterocycles. The topological polar surface area (TPSA) is 81.3 Å². The summed E-state index contributed by atoms with van der Waals surface area (Å²) in [5, 5.41) is 24.9. The van der Waals surface area contributed by atoms with Crippen molar-refractivity contribution < 1.29 is 15.0 Å². The molecule has 0 saturated carbocycles. The predicted octanol–water partition coefficient (Wildman–Crippen LogP) is 0.293. The molecule has 0 atom stereocenters. The highest BCUT2D eigenvalue weighted by atomic mass is 16.4. The molecule has 0 aromatic carbocycles. The van der Waals surface area contributed by atoms with E-state index in [4.69, 9.17) is 15.5 Å². The lowest BCUT2D eigenvalue weighted by Gasteiger charge is -1.89. The van der Waals surface area contributed by atoms with E-state index >= 15 is 0 Å². The number of aliphatic hydroxyl groups is 1. The van der Waals surface area contributed by atoms with E-state index in [-0.39, 0.29) is 12.2 Å². The van der Waals surface area contributed by atoms with Crippen LogP contribution in [0.5, 0.6) is 0 Å². The average Bonchev–Trinajstić information content (AvgIpc) is 1.97. The van der Waals surface area contributed by atoms with Gasteiger partial charge in [-0.1, -0.05) is 6.08 Å². The first kappa shape index (κ1) is 9.66. The van der Waals surface area contributed by atoms with E-state index < -0.39 is 5.97 Å². The summed E-state index contributed by atoms with van der Waals surface area (Å²) in [6, 6.07) is 1.54. The summed E-state index contributed by atoms with van der Waals surface area (Å²) in [6.07, 6.45) is 2.21. The molecule has 0 fully saturated rings. The zero-order valence-electron chi connectivity index (χ0n) is 5.95. The zero-order chi connectivity index (χ0) is 8.69. The quantitative estimate of drug-likeness (QED) is 0.347. The molecule has 0 aliphatic carbocycles. The number of hydrogen-bond donors (Lipinski definition) is 2. The fourth-order valence-electron chi connectivity index (χ4n) is 0.518. The number of unbranched alkanes of at least 4 members (excludes halogenated alkanes) is 1. The fraction of sp³-hybridized carbons (Fsp3) is 0.429. The first-order chi connectivity index (χ1) is 5.22. The lowest BCUT2D eigenvalue weighted by molar-refractivity contribution is -0.132. The molecule has 0 unspecified atom stereocenters. The third kappa shape index (κ3) is 4.12. The second-order valence-corrected chi connectivity index (χ2v) is 1.90. The summed E-state index contributed by atoms with van der Waals surface area (Å²) in [5.74, 6) is -1.22. The van der Waals surface area contributed by atoms with E-state index in [0.717, 1.165) is 0 Å². The molecule has 0 amide bonds. The molecule has 4 nitrogen and oxygen atoms in total. The van der Waals surface area contributed by atoms with Crippen LogP contribution in [0.3, 0.4) is 0 Å². The normalized spacial score (nSPS) is 10.7. The van der Waals surface area contributed by atoms with Crippen LogP contribution in [-0.2, 0) is 4.79 Å². The third-order valence-electron chi connectivity index (χ3n) is 1.06. The molecule has 0 aliphatic rings. The van der Waals surface area contributed by atoms with Gasteiger partial charge in [-0.25, -0.2) is 4.79 Å². The van der Waals surface area contributed by atoms with E-state index in [1.54, 1.807) is 6.07 Å². The minimum atomic E-state index is -1.22. The van der Waals surface area contributed by atoms with Crippen molar-refractivity contribution >= 4 is 5.97 Å². The highest BCUT2D eigenvalue weighted by Gasteiger charge is 2.03. The number of nitriles is 1. The van der Waals surface area contributed by atoms with Gasteiger partial charge in [0.2, 0.25) is 0 Å². The van der Waals surface area contributed by atoms with Crippen LogP contribution in [0.15, 0.2) is 11.6 Å². The van der Waals surface area contributed by atoms with Crippen LogP contribution in [-0.4, -0.2) is 22.8 Å². The highest BCUT2D eigenvalue weighted by molar-refractivity contribution is 5.90. The van der Waals surface area contributed by atoms with Crippen molar-refractivity contribution in [3.63, 3.8) is 0 Å². The van der Waals surface area contributed by atoms with Gasteiger partial charge < -0.3 is 10.2 Å². The third-order valence-corrected chi connectivity index (χ3v) is 1.06. The number of hydrogen-bond acceptors (Lipinski definition) is 3. The van der Waals surface area contributed by atoms with E-state index in [2.05, 4.69) is 0 Å². The number of aliphatic hydroxyl groups excluding tert-OH is 1. The van der Waals surface area contributed by atoms with Gasteiger partial charge in [-0.2, -0.15) is 5.26 Å².